The Labute approximate surface area is 114 Å². The number of nitriles is 1. The van der Waals surface area contributed by atoms with E-state index in [0.717, 1.165) is 35.8 Å². The normalized spacial score (nSPS) is 10.1. The van der Waals surface area contributed by atoms with Gasteiger partial charge in [-0.05, 0) is 18.6 Å². The van der Waals surface area contributed by atoms with Crippen LogP contribution in [0.25, 0.3) is 10.8 Å². The van der Waals surface area contributed by atoms with Crippen LogP contribution in [0.4, 0.5) is 5.69 Å². The Morgan fingerprint density at radius 2 is 1.95 bits per heavy atom. The van der Waals surface area contributed by atoms with E-state index in [-0.39, 0.29) is 0 Å². The first-order valence-electron chi connectivity index (χ1n) is 6.59. The Kier molecular flexibility index (Phi) is 4.20. The largest absolute Gasteiger partial charge is 0.367 e. The van der Waals surface area contributed by atoms with E-state index in [1.165, 1.54) is 5.69 Å². The van der Waals surface area contributed by atoms with Crippen molar-refractivity contribution in [3.05, 3.63) is 54.6 Å². The molecule has 0 aliphatic heterocycles. The molecule has 0 saturated carbocycles. The van der Waals surface area contributed by atoms with Crippen molar-refractivity contribution in [1.29, 1.82) is 5.26 Å². The highest BCUT2D eigenvalue weighted by atomic mass is 15.1. The summed E-state index contributed by atoms with van der Waals surface area (Å²) < 4.78 is 0. The molecule has 2 aromatic carbocycles. The van der Waals surface area contributed by atoms with Crippen molar-refractivity contribution in [2.45, 2.75) is 13.3 Å². The monoisotopic (exact) mass is 250 g/mol. The van der Waals surface area contributed by atoms with Crippen LogP contribution >= 0.6 is 0 Å². The summed E-state index contributed by atoms with van der Waals surface area (Å²) >= 11 is 0. The highest BCUT2D eigenvalue weighted by Gasteiger charge is 2.10. The van der Waals surface area contributed by atoms with Gasteiger partial charge in [-0.1, -0.05) is 37.3 Å². The molecule has 0 aliphatic rings. The molecule has 0 aromatic heterocycles. The molecule has 0 spiro atoms. The maximum atomic E-state index is 9.19. The lowest BCUT2D eigenvalue weighted by Crippen LogP contribution is -2.24. The quantitative estimate of drug-likeness (QED) is 0.746. The molecule has 2 aromatic rings. The van der Waals surface area contributed by atoms with E-state index in [0.29, 0.717) is 0 Å². The first kappa shape index (κ1) is 13.2. The second-order valence-corrected chi connectivity index (χ2v) is 4.52. The number of benzene rings is 2. The summed E-state index contributed by atoms with van der Waals surface area (Å²) in [5.74, 6) is 0. The zero-order valence-electron chi connectivity index (χ0n) is 11.3. The lowest BCUT2D eigenvalue weighted by Gasteiger charge is -2.24. The van der Waals surface area contributed by atoms with Gasteiger partial charge in [0.15, 0.2) is 0 Å². The van der Waals surface area contributed by atoms with Gasteiger partial charge in [-0.15, -0.1) is 6.58 Å². The van der Waals surface area contributed by atoms with E-state index in [1.807, 2.05) is 36.4 Å². The minimum Gasteiger partial charge on any atom is -0.367 e. The second-order valence-electron chi connectivity index (χ2n) is 4.52. The summed E-state index contributed by atoms with van der Waals surface area (Å²) in [6, 6.07) is 14.3. The van der Waals surface area contributed by atoms with Crippen LogP contribution < -0.4 is 4.90 Å². The van der Waals surface area contributed by atoms with E-state index in [2.05, 4.69) is 30.5 Å². The van der Waals surface area contributed by atoms with Crippen molar-refractivity contribution in [2.75, 3.05) is 18.0 Å². The van der Waals surface area contributed by atoms with E-state index in [9.17, 15) is 5.26 Å². The molecule has 2 nitrogen and oxygen atoms in total. The van der Waals surface area contributed by atoms with Gasteiger partial charge in [0, 0.05) is 29.5 Å². The summed E-state index contributed by atoms with van der Waals surface area (Å²) in [7, 11) is 0. The Balaban J connectivity index is 2.60. The lowest BCUT2D eigenvalue weighted by atomic mass is 10.0. The highest BCUT2D eigenvalue weighted by Crippen LogP contribution is 2.29. The maximum Gasteiger partial charge on any atom is 0.0998 e. The predicted octanol–water partition coefficient (Wildman–Crippen LogP) is 4.11. The molecular formula is C17H18N2. The van der Waals surface area contributed by atoms with Crippen LogP contribution in [0.15, 0.2) is 49.1 Å². The van der Waals surface area contributed by atoms with Gasteiger partial charge in [-0.25, -0.2) is 0 Å². The lowest BCUT2D eigenvalue weighted by molar-refractivity contribution is 0.819. The van der Waals surface area contributed by atoms with Crippen molar-refractivity contribution in [2.24, 2.45) is 0 Å². The van der Waals surface area contributed by atoms with Crippen LogP contribution in [0.2, 0.25) is 0 Å². The van der Waals surface area contributed by atoms with Crippen LogP contribution in [0.5, 0.6) is 0 Å². The Bertz CT molecular complexity index is 623. The van der Waals surface area contributed by atoms with Crippen LogP contribution in [-0.2, 0) is 0 Å². The summed E-state index contributed by atoms with van der Waals surface area (Å²) in [4.78, 5) is 2.30. The average Bonchev–Trinajstić information content (AvgIpc) is 2.46. The maximum absolute atomic E-state index is 9.19. The predicted molar refractivity (Wildman–Crippen MR) is 81.4 cm³/mol. The molecule has 19 heavy (non-hydrogen) atoms. The zero-order chi connectivity index (χ0) is 13.7. The third-order valence-corrected chi connectivity index (χ3v) is 3.21. The summed E-state index contributed by atoms with van der Waals surface area (Å²) in [6.45, 7) is 7.81. The van der Waals surface area contributed by atoms with E-state index >= 15 is 0 Å². The second kappa shape index (κ2) is 6.06. The van der Waals surface area contributed by atoms with Gasteiger partial charge < -0.3 is 4.90 Å². The van der Waals surface area contributed by atoms with Crippen LogP contribution in [0, 0.1) is 11.3 Å². The molecule has 0 N–H and O–H groups in total. The molecule has 96 valence electrons. The minimum atomic E-state index is 0.731. The molecule has 2 heteroatoms. The van der Waals surface area contributed by atoms with E-state index < -0.39 is 0 Å². The number of anilines is 1. The van der Waals surface area contributed by atoms with E-state index in [1.54, 1.807) is 0 Å². The summed E-state index contributed by atoms with van der Waals surface area (Å²) in [5.41, 5.74) is 1.91. The first-order valence-corrected chi connectivity index (χ1v) is 6.59. The number of hydrogen-bond donors (Lipinski definition) is 0. The number of nitrogens with zero attached hydrogens (tertiary/aromatic N) is 2. The topological polar surface area (TPSA) is 27.0 Å². The summed E-state index contributed by atoms with van der Waals surface area (Å²) in [5, 5.41) is 11.3. The molecule has 0 radical (unpaired) electrons. The fourth-order valence-electron chi connectivity index (χ4n) is 2.39. The molecule has 0 aliphatic carbocycles. The third-order valence-electron chi connectivity index (χ3n) is 3.21. The Hall–Kier alpha value is -2.27. The molecule has 2 rings (SSSR count). The third kappa shape index (κ3) is 2.61. The summed E-state index contributed by atoms with van der Waals surface area (Å²) in [6.07, 6.45) is 3.00. The van der Waals surface area contributed by atoms with Crippen LogP contribution in [0.3, 0.4) is 0 Å². The molecule has 0 amide bonds. The fourth-order valence-corrected chi connectivity index (χ4v) is 2.39. The van der Waals surface area contributed by atoms with Gasteiger partial charge in [0.2, 0.25) is 0 Å². The van der Waals surface area contributed by atoms with Crippen molar-refractivity contribution in [3.8, 4) is 6.07 Å². The smallest absolute Gasteiger partial charge is 0.0998 e. The molecule has 0 bridgehead atoms. The van der Waals surface area contributed by atoms with Crippen molar-refractivity contribution < 1.29 is 0 Å². The SMILES string of the molecule is C=CCN(CCC)c1ccc(C#N)c2ccccc12. The molecule has 0 fully saturated rings. The first-order chi connectivity index (χ1) is 9.31. The van der Waals surface area contributed by atoms with Crippen molar-refractivity contribution in [3.63, 3.8) is 0 Å². The Morgan fingerprint density at radius 3 is 2.58 bits per heavy atom. The van der Waals surface area contributed by atoms with Gasteiger partial charge in [0.1, 0.15) is 0 Å². The molecule has 0 unspecified atom stereocenters. The zero-order valence-corrected chi connectivity index (χ0v) is 11.3. The number of hydrogen-bond acceptors (Lipinski definition) is 2. The van der Waals surface area contributed by atoms with Crippen LogP contribution in [0.1, 0.15) is 18.9 Å². The van der Waals surface area contributed by atoms with E-state index in [4.69, 9.17) is 0 Å². The fraction of sp³-hybridized carbons (Fsp3) is 0.235. The van der Waals surface area contributed by atoms with Gasteiger partial charge in [0.05, 0.1) is 11.6 Å². The van der Waals surface area contributed by atoms with Gasteiger partial charge in [-0.3, -0.25) is 0 Å². The number of fused-ring (bicyclic) bond motifs is 1. The van der Waals surface area contributed by atoms with Gasteiger partial charge in [0.25, 0.3) is 0 Å². The van der Waals surface area contributed by atoms with Gasteiger partial charge >= 0.3 is 0 Å². The van der Waals surface area contributed by atoms with Crippen LogP contribution in [-0.4, -0.2) is 13.1 Å². The molecule has 0 atom stereocenters. The molecule has 0 heterocycles. The van der Waals surface area contributed by atoms with Crippen molar-refractivity contribution in [1.82, 2.24) is 0 Å². The molecule has 0 saturated heterocycles. The van der Waals surface area contributed by atoms with Crippen molar-refractivity contribution >= 4 is 16.5 Å². The number of rotatable bonds is 5. The van der Waals surface area contributed by atoms with Gasteiger partial charge in [-0.2, -0.15) is 5.26 Å². The molecular weight excluding hydrogens is 232 g/mol. The minimum absolute atomic E-state index is 0.731. The standard InChI is InChI=1S/C17H18N2/c1-3-11-19(12-4-2)17-10-9-14(13-18)15-7-5-6-8-16(15)17/h3,5-10H,1,4,11-12H2,2H3. The highest BCUT2D eigenvalue weighted by molar-refractivity contribution is 5.97. The average molecular weight is 250 g/mol. The Morgan fingerprint density at radius 1 is 1.21 bits per heavy atom.